The number of ketones is 1. The monoisotopic (exact) mass is 318 g/mol. The Morgan fingerprint density at radius 3 is 2.79 bits per heavy atom. The van der Waals surface area contributed by atoms with Crippen molar-refractivity contribution in [1.82, 2.24) is 0 Å². The molecule has 19 heavy (non-hydrogen) atoms. The molecule has 96 valence electrons. The number of hydrogen-bond acceptors (Lipinski definition) is 1. The van der Waals surface area contributed by atoms with Gasteiger partial charge < -0.3 is 0 Å². The summed E-state index contributed by atoms with van der Waals surface area (Å²) in [6, 6.07) is 12.8. The molecule has 1 aliphatic carbocycles. The van der Waals surface area contributed by atoms with E-state index in [2.05, 4.69) is 15.9 Å². The van der Waals surface area contributed by atoms with Crippen LogP contribution in [0.3, 0.4) is 0 Å². The third kappa shape index (κ3) is 2.35. The van der Waals surface area contributed by atoms with Gasteiger partial charge in [0.15, 0.2) is 0 Å². The fourth-order valence-electron chi connectivity index (χ4n) is 2.52. The summed E-state index contributed by atoms with van der Waals surface area (Å²) < 4.78 is 14.4. The Labute approximate surface area is 119 Å². The van der Waals surface area contributed by atoms with Crippen LogP contribution in [-0.4, -0.2) is 5.78 Å². The van der Waals surface area contributed by atoms with Crippen molar-refractivity contribution in [1.29, 1.82) is 0 Å². The van der Waals surface area contributed by atoms with Gasteiger partial charge in [0.25, 0.3) is 0 Å². The van der Waals surface area contributed by atoms with Crippen LogP contribution in [0.25, 0.3) is 0 Å². The van der Waals surface area contributed by atoms with Crippen molar-refractivity contribution in [3.8, 4) is 0 Å². The van der Waals surface area contributed by atoms with Crippen molar-refractivity contribution in [3.63, 3.8) is 0 Å². The number of hydrogen-bond donors (Lipinski definition) is 0. The maximum Gasteiger partial charge on any atom is 0.145 e. The first-order valence-electron chi connectivity index (χ1n) is 6.19. The van der Waals surface area contributed by atoms with Gasteiger partial charge in [0.1, 0.15) is 11.6 Å². The van der Waals surface area contributed by atoms with Crippen LogP contribution in [-0.2, 0) is 17.6 Å². The fourth-order valence-corrected chi connectivity index (χ4v) is 2.86. The highest BCUT2D eigenvalue weighted by Gasteiger charge is 2.31. The average Bonchev–Trinajstić information content (AvgIpc) is 2.34. The minimum absolute atomic E-state index is 0.0563. The molecule has 0 spiro atoms. The predicted molar refractivity (Wildman–Crippen MR) is 75.7 cm³/mol. The molecule has 1 nitrogen and oxygen atoms in total. The lowest BCUT2D eigenvalue weighted by atomic mass is 9.74. The molecule has 1 aliphatic rings. The lowest BCUT2D eigenvalue weighted by Gasteiger charge is -2.28. The van der Waals surface area contributed by atoms with E-state index in [1.165, 1.54) is 11.6 Å². The molecule has 2 aromatic carbocycles. The van der Waals surface area contributed by atoms with Crippen LogP contribution in [0.5, 0.6) is 0 Å². The molecule has 0 heterocycles. The number of Topliss-reactive ketones (excluding diaryl/α,β-unsaturated/α-hetero) is 1. The van der Waals surface area contributed by atoms with Gasteiger partial charge in [0, 0.05) is 16.8 Å². The molecular formula is C16H12BrFO. The molecule has 0 N–H and O–H groups in total. The molecule has 0 amide bonds. The van der Waals surface area contributed by atoms with Gasteiger partial charge in [-0.1, -0.05) is 46.3 Å². The third-order valence-electron chi connectivity index (χ3n) is 3.62. The van der Waals surface area contributed by atoms with Crippen LogP contribution in [0.2, 0.25) is 0 Å². The molecule has 0 aliphatic heterocycles. The second-order valence-electron chi connectivity index (χ2n) is 4.83. The molecule has 1 atom stereocenters. The number of benzene rings is 2. The van der Waals surface area contributed by atoms with Crippen molar-refractivity contribution in [2.24, 2.45) is 0 Å². The summed E-state index contributed by atoms with van der Waals surface area (Å²) in [5, 5.41) is 0. The topological polar surface area (TPSA) is 17.1 Å². The van der Waals surface area contributed by atoms with Gasteiger partial charge in [-0.3, -0.25) is 4.79 Å². The summed E-state index contributed by atoms with van der Waals surface area (Å²) in [5.41, 5.74) is 2.81. The molecule has 1 unspecified atom stereocenters. The van der Waals surface area contributed by atoms with E-state index >= 15 is 0 Å². The Balaban J connectivity index is 1.77. The van der Waals surface area contributed by atoms with E-state index in [0.717, 1.165) is 12.0 Å². The molecule has 0 bridgehead atoms. The van der Waals surface area contributed by atoms with Gasteiger partial charge in [-0.15, -0.1) is 0 Å². The van der Waals surface area contributed by atoms with Crippen LogP contribution in [0.15, 0.2) is 46.9 Å². The van der Waals surface area contributed by atoms with Gasteiger partial charge in [-0.25, -0.2) is 4.39 Å². The van der Waals surface area contributed by atoms with Crippen LogP contribution < -0.4 is 0 Å². The lowest BCUT2D eigenvalue weighted by Crippen LogP contribution is -2.26. The number of carbonyl (C=O) groups excluding carboxylic acids is 1. The second-order valence-corrected chi connectivity index (χ2v) is 5.75. The summed E-state index contributed by atoms with van der Waals surface area (Å²) in [7, 11) is 0. The van der Waals surface area contributed by atoms with E-state index < -0.39 is 0 Å². The van der Waals surface area contributed by atoms with E-state index in [1.54, 1.807) is 12.1 Å². The Kier molecular flexibility index (Phi) is 3.23. The van der Waals surface area contributed by atoms with E-state index in [1.807, 2.05) is 24.3 Å². The molecule has 0 fully saturated rings. The highest BCUT2D eigenvalue weighted by atomic mass is 79.9. The van der Waals surface area contributed by atoms with E-state index in [0.29, 0.717) is 10.0 Å². The Morgan fingerprint density at radius 2 is 2.05 bits per heavy atom. The molecule has 3 heteroatoms. The minimum atomic E-state index is -0.324. The van der Waals surface area contributed by atoms with Crippen molar-refractivity contribution >= 4 is 21.7 Å². The smallest absolute Gasteiger partial charge is 0.145 e. The zero-order chi connectivity index (χ0) is 13.4. The van der Waals surface area contributed by atoms with Crippen molar-refractivity contribution in [2.45, 2.75) is 18.8 Å². The molecule has 0 aromatic heterocycles. The normalized spacial score (nSPS) is 16.6. The molecule has 0 radical (unpaired) electrons. The van der Waals surface area contributed by atoms with Gasteiger partial charge in [-0.2, -0.15) is 0 Å². The largest absolute Gasteiger partial charge is 0.299 e. The minimum Gasteiger partial charge on any atom is -0.299 e. The maximum absolute atomic E-state index is 13.7. The summed E-state index contributed by atoms with van der Waals surface area (Å²) >= 11 is 3.21. The number of rotatable bonds is 3. The van der Waals surface area contributed by atoms with Gasteiger partial charge in [0.05, 0.1) is 0 Å². The summed E-state index contributed by atoms with van der Waals surface area (Å²) in [5.74, 6) is -0.283. The van der Waals surface area contributed by atoms with Crippen LogP contribution in [0, 0.1) is 5.82 Å². The van der Waals surface area contributed by atoms with Gasteiger partial charge in [-0.05, 0) is 35.2 Å². The van der Waals surface area contributed by atoms with Crippen molar-refractivity contribution in [2.75, 3.05) is 0 Å². The highest BCUT2D eigenvalue weighted by Crippen LogP contribution is 2.36. The Morgan fingerprint density at radius 1 is 1.26 bits per heavy atom. The molecule has 0 saturated heterocycles. The van der Waals surface area contributed by atoms with Gasteiger partial charge in [0.2, 0.25) is 0 Å². The lowest BCUT2D eigenvalue weighted by molar-refractivity contribution is -0.120. The number of fused-ring (bicyclic) bond motifs is 1. The summed E-state index contributed by atoms with van der Waals surface area (Å²) in [6.07, 6.45) is 0.950. The van der Waals surface area contributed by atoms with Crippen LogP contribution >= 0.6 is 15.9 Å². The van der Waals surface area contributed by atoms with E-state index in [-0.39, 0.29) is 23.9 Å². The standard InChI is InChI=1S/C16H12BrFO/c17-12-6-5-11(15(18)9-12)8-16(19)14-7-10-3-1-2-4-13(10)14/h1-6,9,14H,7-8H2. The van der Waals surface area contributed by atoms with Gasteiger partial charge >= 0.3 is 0 Å². The van der Waals surface area contributed by atoms with Crippen molar-refractivity contribution < 1.29 is 9.18 Å². The highest BCUT2D eigenvalue weighted by molar-refractivity contribution is 9.10. The third-order valence-corrected chi connectivity index (χ3v) is 4.12. The quantitative estimate of drug-likeness (QED) is 0.834. The summed E-state index contributed by atoms with van der Waals surface area (Å²) in [4.78, 5) is 12.2. The molecule has 3 rings (SSSR count). The zero-order valence-corrected chi connectivity index (χ0v) is 11.8. The first-order valence-corrected chi connectivity index (χ1v) is 6.99. The average molecular weight is 319 g/mol. The number of carbonyl (C=O) groups is 1. The van der Waals surface area contributed by atoms with Crippen LogP contribution in [0.1, 0.15) is 22.6 Å². The Bertz CT molecular complexity index is 651. The first-order chi connectivity index (χ1) is 9.15. The van der Waals surface area contributed by atoms with Crippen LogP contribution in [0.4, 0.5) is 4.39 Å². The second kappa shape index (κ2) is 4.89. The molecule has 0 saturated carbocycles. The summed E-state index contributed by atoms with van der Waals surface area (Å²) in [6.45, 7) is 0. The first kappa shape index (κ1) is 12.5. The SMILES string of the molecule is O=C(Cc1ccc(Br)cc1F)C1Cc2ccccc21. The zero-order valence-electron chi connectivity index (χ0n) is 10.2. The van der Waals surface area contributed by atoms with Crippen molar-refractivity contribution in [3.05, 3.63) is 69.4 Å². The fraction of sp³-hybridized carbons (Fsp3) is 0.188. The molecular weight excluding hydrogens is 307 g/mol. The molecule has 2 aromatic rings. The number of halogens is 2. The Hall–Kier alpha value is -1.48. The van der Waals surface area contributed by atoms with E-state index in [9.17, 15) is 9.18 Å². The predicted octanol–water partition coefficient (Wildman–Crippen LogP) is 4.04. The van der Waals surface area contributed by atoms with E-state index in [4.69, 9.17) is 0 Å². The maximum atomic E-state index is 13.7.